The molecule has 0 atom stereocenters. The van der Waals surface area contributed by atoms with Crippen LogP contribution in [0.15, 0.2) is 42.5 Å². The normalized spacial score (nSPS) is 14.5. The molecule has 3 rings (SSSR count). The van der Waals surface area contributed by atoms with Crippen LogP contribution in [0.5, 0.6) is 0 Å². The number of fused-ring (bicyclic) bond motifs is 1. The van der Waals surface area contributed by atoms with Crippen LogP contribution >= 0.6 is 0 Å². The van der Waals surface area contributed by atoms with E-state index in [4.69, 9.17) is 0 Å². The van der Waals surface area contributed by atoms with Gasteiger partial charge in [0.05, 0.1) is 0 Å². The van der Waals surface area contributed by atoms with Crippen LogP contribution in [0.1, 0.15) is 36.5 Å². The van der Waals surface area contributed by atoms with Gasteiger partial charge in [-0.05, 0) is 46.7 Å². The Balaban J connectivity index is 2.02. The summed E-state index contributed by atoms with van der Waals surface area (Å²) < 4.78 is 0. The smallest absolute Gasteiger partial charge is 0.0214 e. The van der Waals surface area contributed by atoms with Crippen molar-refractivity contribution in [2.75, 3.05) is 6.54 Å². The minimum absolute atomic E-state index is 0.598. The Morgan fingerprint density at radius 1 is 1.00 bits per heavy atom. The first-order valence-corrected chi connectivity index (χ1v) is 7.17. The summed E-state index contributed by atoms with van der Waals surface area (Å²) in [4.78, 5) is 0. The fraction of sp³-hybridized carbons (Fsp3) is 0.333. The molecule has 0 amide bonds. The van der Waals surface area contributed by atoms with Crippen molar-refractivity contribution in [3.8, 4) is 11.1 Å². The van der Waals surface area contributed by atoms with Gasteiger partial charge in [-0.15, -0.1) is 0 Å². The van der Waals surface area contributed by atoms with Crippen molar-refractivity contribution in [3.63, 3.8) is 0 Å². The highest BCUT2D eigenvalue weighted by Crippen LogP contribution is 2.29. The Morgan fingerprint density at radius 2 is 1.79 bits per heavy atom. The molecule has 1 heterocycles. The number of hydrogen-bond donors (Lipinski definition) is 1. The molecule has 0 radical (unpaired) electrons. The van der Waals surface area contributed by atoms with E-state index < -0.39 is 0 Å². The molecule has 0 unspecified atom stereocenters. The third-order valence-corrected chi connectivity index (χ3v) is 4.03. The predicted molar refractivity (Wildman–Crippen MR) is 81.4 cm³/mol. The SMILES string of the molecule is CC(C)c1ccc(-c2cccc3c2CNCC3)cc1. The monoisotopic (exact) mass is 251 g/mol. The molecule has 1 aliphatic heterocycles. The van der Waals surface area contributed by atoms with E-state index in [-0.39, 0.29) is 0 Å². The molecule has 19 heavy (non-hydrogen) atoms. The molecule has 0 bridgehead atoms. The first-order valence-electron chi connectivity index (χ1n) is 7.17. The lowest BCUT2D eigenvalue weighted by molar-refractivity contribution is 0.645. The van der Waals surface area contributed by atoms with E-state index in [9.17, 15) is 0 Å². The van der Waals surface area contributed by atoms with Crippen molar-refractivity contribution in [1.82, 2.24) is 5.32 Å². The van der Waals surface area contributed by atoms with Gasteiger partial charge in [-0.3, -0.25) is 0 Å². The van der Waals surface area contributed by atoms with Gasteiger partial charge in [0.15, 0.2) is 0 Å². The maximum absolute atomic E-state index is 3.48. The topological polar surface area (TPSA) is 12.0 Å². The average Bonchev–Trinajstić information content (AvgIpc) is 2.47. The molecular weight excluding hydrogens is 230 g/mol. The van der Waals surface area contributed by atoms with Crippen LogP contribution < -0.4 is 5.32 Å². The second-order valence-corrected chi connectivity index (χ2v) is 5.65. The standard InChI is InChI=1S/C18H21N/c1-13(2)14-6-8-16(9-7-14)17-5-3-4-15-10-11-19-12-18(15)17/h3-9,13,19H,10-12H2,1-2H3. The lowest BCUT2D eigenvalue weighted by Crippen LogP contribution is -2.24. The lowest BCUT2D eigenvalue weighted by atomic mass is 9.91. The van der Waals surface area contributed by atoms with E-state index in [2.05, 4.69) is 61.6 Å². The Hall–Kier alpha value is -1.60. The summed E-state index contributed by atoms with van der Waals surface area (Å²) >= 11 is 0. The molecule has 2 aromatic rings. The van der Waals surface area contributed by atoms with E-state index in [1.54, 1.807) is 0 Å². The van der Waals surface area contributed by atoms with Crippen LogP contribution in [-0.4, -0.2) is 6.54 Å². The zero-order valence-electron chi connectivity index (χ0n) is 11.7. The zero-order valence-corrected chi connectivity index (χ0v) is 11.7. The molecule has 0 saturated carbocycles. The van der Waals surface area contributed by atoms with Gasteiger partial charge in [0.2, 0.25) is 0 Å². The van der Waals surface area contributed by atoms with Crippen LogP contribution in [-0.2, 0) is 13.0 Å². The number of hydrogen-bond acceptors (Lipinski definition) is 1. The molecule has 0 spiro atoms. The molecule has 1 N–H and O–H groups in total. The molecule has 1 aliphatic rings. The second kappa shape index (κ2) is 5.18. The molecule has 1 nitrogen and oxygen atoms in total. The second-order valence-electron chi connectivity index (χ2n) is 5.65. The average molecular weight is 251 g/mol. The van der Waals surface area contributed by atoms with Gasteiger partial charge in [-0.25, -0.2) is 0 Å². The van der Waals surface area contributed by atoms with Gasteiger partial charge < -0.3 is 5.32 Å². The summed E-state index contributed by atoms with van der Waals surface area (Å²) in [5.41, 5.74) is 7.12. The van der Waals surface area contributed by atoms with Gasteiger partial charge in [0, 0.05) is 6.54 Å². The van der Waals surface area contributed by atoms with Crippen LogP contribution in [0.2, 0.25) is 0 Å². The number of benzene rings is 2. The highest BCUT2D eigenvalue weighted by atomic mass is 14.9. The van der Waals surface area contributed by atoms with E-state index in [0.717, 1.165) is 19.5 Å². The third-order valence-electron chi connectivity index (χ3n) is 4.03. The van der Waals surface area contributed by atoms with Gasteiger partial charge >= 0.3 is 0 Å². The Kier molecular flexibility index (Phi) is 3.39. The zero-order chi connectivity index (χ0) is 13.2. The maximum atomic E-state index is 3.48. The van der Waals surface area contributed by atoms with E-state index in [0.29, 0.717) is 5.92 Å². The quantitative estimate of drug-likeness (QED) is 0.846. The van der Waals surface area contributed by atoms with E-state index in [1.807, 2.05) is 0 Å². The van der Waals surface area contributed by atoms with E-state index in [1.165, 1.54) is 27.8 Å². The van der Waals surface area contributed by atoms with Crippen LogP contribution in [0, 0.1) is 0 Å². The first-order chi connectivity index (χ1) is 9.25. The van der Waals surface area contributed by atoms with Crippen molar-refractivity contribution in [2.45, 2.75) is 32.7 Å². The fourth-order valence-electron chi connectivity index (χ4n) is 2.83. The highest BCUT2D eigenvalue weighted by molar-refractivity contribution is 5.69. The van der Waals surface area contributed by atoms with Crippen molar-refractivity contribution in [1.29, 1.82) is 0 Å². The molecule has 98 valence electrons. The molecule has 0 aliphatic carbocycles. The Morgan fingerprint density at radius 3 is 2.53 bits per heavy atom. The molecular formula is C18H21N. The maximum Gasteiger partial charge on any atom is 0.0214 e. The van der Waals surface area contributed by atoms with Crippen molar-refractivity contribution >= 4 is 0 Å². The van der Waals surface area contributed by atoms with Gasteiger partial charge in [0.1, 0.15) is 0 Å². The van der Waals surface area contributed by atoms with Crippen molar-refractivity contribution in [2.24, 2.45) is 0 Å². The summed E-state index contributed by atoms with van der Waals surface area (Å²) in [6.07, 6.45) is 1.15. The van der Waals surface area contributed by atoms with Crippen molar-refractivity contribution < 1.29 is 0 Å². The fourth-order valence-corrected chi connectivity index (χ4v) is 2.83. The van der Waals surface area contributed by atoms with E-state index >= 15 is 0 Å². The molecule has 0 fully saturated rings. The first kappa shape index (κ1) is 12.4. The molecule has 1 heteroatoms. The highest BCUT2D eigenvalue weighted by Gasteiger charge is 2.13. The van der Waals surface area contributed by atoms with Crippen LogP contribution in [0.3, 0.4) is 0 Å². The molecule has 0 saturated heterocycles. The predicted octanol–water partition coefficient (Wildman–Crippen LogP) is 4.12. The van der Waals surface area contributed by atoms with Gasteiger partial charge in [-0.2, -0.15) is 0 Å². The summed E-state index contributed by atoms with van der Waals surface area (Å²) in [6.45, 7) is 6.58. The Labute approximate surface area is 115 Å². The Bertz CT molecular complexity index is 567. The largest absolute Gasteiger partial charge is 0.312 e. The number of nitrogens with one attached hydrogen (secondary N) is 1. The third kappa shape index (κ3) is 2.43. The van der Waals surface area contributed by atoms with Gasteiger partial charge in [-0.1, -0.05) is 56.3 Å². The van der Waals surface area contributed by atoms with Gasteiger partial charge in [0.25, 0.3) is 0 Å². The minimum Gasteiger partial charge on any atom is -0.312 e. The summed E-state index contributed by atoms with van der Waals surface area (Å²) in [6, 6.07) is 15.7. The lowest BCUT2D eigenvalue weighted by Gasteiger charge is -2.20. The molecule has 2 aromatic carbocycles. The summed E-state index contributed by atoms with van der Waals surface area (Å²) in [5.74, 6) is 0.598. The molecule has 0 aromatic heterocycles. The van der Waals surface area contributed by atoms with Crippen molar-refractivity contribution in [3.05, 3.63) is 59.2 Å². The van der Waals surface area contributed by atoms with Crippen LogP contribution in [0.25, 0.3) is 11.1 Å². The van der Waals surface area contributed by atoms with Crippen LogP contribution in [0.4, 0.5) is 0 Å². The summed E-state index contributed by atoms with van der Waals surface area (Å²) in [7, 11) is 0. The number of rotatable bonds is 2. The summed E-state index contributed by atoms with van der Waals surface area (Å²) in [5, 5.41) is 3.48. The minimum atomic E-state index is 0.598.